The van der Waals surface area contributed by atoms with Crippen molar-refractivity contribution in [3.8, 4) is 0 Å². The Kier molecular flexibility index (Phi) is 4.27. The van der Waals surface area contributed by atoms with Gasteiger partial charge in [-0.05, 0) is 11.6 Å². The van der Waals surface area contributed by atoms with Crippen LogP contribution in [0, 0.1) is 0 Å². The summed E-state index contributed by atoms with van der Waals surface area (Å²) in [4.78, 5) is 7.45. The second kappa shape index (κ2) is 4.44. The minimum Gasteiger partial charge on any atom is -0.326 e. The lowest BCUT2D eigenvalue weighted by molar-refractivity contribution is 1.01. The molecule has 0 aliphatic heterocycles. The molecule has 0 bridgehead atoms. The highest BCUT2D eigenvalue weighted by atomic mass is 35.5. The summed E-state index contributed by atoms with van der Waals surface area (Å²) in [5.41, 5.74) is 6.17. The monoisotopic (exact) mass is 179 g/mol. The Morgan fingerprint density at radius 3 is 2.30 bits per heavy atom. The van der Waals surface area contributed by atoms with Crippen molar-refractivity contribution in [3.63, 3.8) is 0 Å². The first-order valence-corrected chi connectivity index (χ1v) is 2.87. The third kappa shape index (κ3) is 2.47. The maximum Gasteiger partial charge on any atom is 0.222 e. The third-order valence-electron chi connectivity index (χ3n) is 0.910. The average molecular weight is 180 g/mol. The SMILES string of the molecule is Cl.NCc1cnc(Cl)nc1. The fraction of sp³-hybridized carbons (Fsp3) is 0.200. The van der Waals surface area contributed by atoms with Gasteiger partial charge in [-0.3, -0.25) is 0 Å². The molecular formula is C5H7Cl2N3. The molecule has 56 valence electrons. The van der Waals surface area contributed by atoms with Crippen molar-refractivity contribution >= 4 is 24.0 Å². The number of rotatable bonds is 1. The molecule has 3 nitrogen and oxygen atoms in total. The molecule has 0 atom stereocenters. The van der Waals surface area contributed by atoms with Gasteiger partial charge in [-0.2, -0.15) is 0 Å². The zero-order valence-electron chi connectivity index (χ0n) is 5.12. The molecule has 0 radical (unpaired) electrons. The van der Waals surface area contributed by atoms with Crippen molar-refractivity contribution in [2.24, 2.45) is 5.73 Å². The van der Waals surface area contributed by atoms with Crippen molar-refractivity contribution in [2.75, 3.05) is 0 Å². The standard InChI is InChI=1S/C5H6ClN3.ClH/c6-5-8-2-4(1-7)3-9-5;/h2-3H,1,7H2;1H. The van der Waals surface area contributed by atoms with Crippen LogP contribution in [0.5, 0.6) is 0 Å². The molecule has 0 amide bonds. The molecule has 5 heteroatoms. The Hall–Kier alpha value is -0.380. The summed E-state index contributed by atoms with van der Waals surface area (Å²) >= 11 is 5.41. The Balaban J connectivity index is 0.000000810. The molecule has 0 aliphatic rings. The fourth-order valence-corrected chi connectivity index (χ4v) is 0.542. The van der Waals surface area contributed by atoms with Gasteiger partial charge in [-0.15, -0.1) is 12.4 Å². The lowest BCUT2D eigenvalue weighted by atomic mass is 10.4. The van der Waals surface area contributed by atoms with Gasteiger partial charge in [0.1, 0.15) is 0 Å². The van der Waals surface area contributed by atoms with Crippen LogP contribution in [0.4, 0.5) is 0 Å². The molecule has 1 rings (SSSR count). The second-order valence-corrected chi connectivity index (χ2v) is 1.90. The lowest BCUT2D eigenvalue weighted by Gasteiger charge is -1.91. The molecule has 1 aromatic heterocycles. The predicted octanol–water partition coefficient (Wildman–Crippen LogP) is 1.01. The van der Waals surface area contributed by atoms with Gasteiger partial charge in [0, 0.05) is 24.5 Å². The van der Waals surface area contributed by atoms with E-state index < -0.39 is 0 Å². The van der Waals surface area contributed by atoms with Crippen molar-refractivity contribution in [1.82, 2.24) is 9.97 Å². The summed E-state index contributed by atoms with van der Waals surface area (Å²) in [6.07, 6.45) is 3.21. The second-order valence-electron chi connectivity index (χ2n) is 1.56. The van der Waals surface area contributed by atoms with Crippen LogP contribution in [-0.4, -0.2) is 9.97 Å². The molecule has 1 aromatic rings. The summed E-state index contributed by atoms with van der Waals surface area (Å²) in [7, 11) is 0. The molecule has 0 saturated heterocycles. The van der Waals surface area contributed by atoms with Crippen LogP contribution in [0.25, 0.3) is 0 Å². The first kappa shape index (κ1) is 9.62. The van der Waals surface area contributed by atoms with Crippen LogP contribution >= 0.6 is 24.0 Å². The van der Waals surface area contributed by atoms with Crippen molar-refractivity contribution in [2.45, 2.75) is 6.54 Å². The number of hydrogen-bond donors (Lipinski definition) is 1. The van der Waals surface area contributed by atoms with E-state index in [1.54, 1.807) is 12.4 Å². The van der Waals surface area contributed by atoms with Gasteiger partial charge in [0.05, 0.1) is 0 Å². The molecule has 2 N–H and O–H groups in total. The Morgan fingerprint density at radius 1 is 1.40 bits per heavy atom. The van der Waals surface area contributed by atoms with Crippen LogP contribution in [0.1, 0.15) is 5.56 Å². The predicted molar refractivity (Wildman–Crippen MR) is 42.2 cm³/mol. The minimum atomic E-state index is 0. The zero-order valence-corrected chi connectivity index (χ0v) is 6.69. The van der Waals surface area contributed by atoms with Crippen molar-refractivity contribution in [1.29, 1.82) is 0 Å². The first-order chi connectivity index (χ1) is 4.33. The highest BCUT2D eigenvalue weighted by Gasteiger charge is 1.89. The summed E-state index contributed by atoms with van der Waals surface area (Å²) in [6, 6.07) is 0. The Bertz CT molecular complexity index is 187. The molecule has 0 spiro atoms. The van der Waals surface area contributed by atoms with E-state index in [1.165, 1.54) is 0 Å². The van der Waals surface area contributed by atoms with Crippen molar-refractivity contribution in [3.05, 3.63) is 23.2 Å². The van der Waals surface area contributed by atoms with Gasteiger partial charge >= 0.3 is 0 Å². The van der Waals surface area contributed by atoms with Gasteiger partial charge in [0.2, 0.25) is 5.28 Å². The van der Waals surface area contributed by atoms with Gasteiger partial charge < -0.3 is 5.73 Å². The van der Waals surface area contributed by atoms with E-state index in [1.807, 2.05) is 0 Å². The zero-order chi connectivity index (χ0) is 6.69. The normalized spacial score (nSPS) is 8.60. The first-order valence-electron chi connectivity index (χ1n) is 2.49. The summed E-state index contributed by atoms with van der Waals surface area (Å²) in [5, 5.41) is 0.257. The number of hydrogen-bond acceptors (Lipinski definition) is 3. The van der Waals surface area contributed by atoms with Gasteiger partial charge in [-0.1, -0.05) is 0 Å². The van der Waals surface area contributed by atoms with Crippen LogP contribution in [0.2, 0.25) is 5.28 Å². The maximum absolute atomic E-state index is 5.41. The van der Waals surface area contributed by atoms with Gasteiger partial charge in [0.15, 0.2) is 0 Å². The van der Waals surface area contributed by atoms with E-state index in [-0.39, 0.29) is 17.7 Å². The highest BCUT2D eigenvalue weighted by Crippen LogP contribution is 1.98. The smallest absolute Gasteiger partial charge is 0.222 e. The van der Waals surface area contributed by atoms with E-state index in [4.69, 9.17) is 17.3 Å². The van der Waals surface area contributed by atoms with E-state index in [2.05, 4.69) is 9.97 Å². The molecule has 0 aliphatic carbocycles. The summed E-state index contributed by atoms with van der Waals surface area (Å²) in [6.45, 7) is 0.456. The molecular weight excluding hydrogens is 173 g/mol. The molecule has 1 heterocycles. The number of nitrogens with zero attached hydrogens (tertiary/aromatic N) is 2. The molecule has 10 heavy (non-hydrogen) atoms. The molecule has 0 unspecified atom stereocenters. The topological polar surface area (TPSA) is 51.8 Å². The fourth-order valence-electron chi connectivity index (χ4n) is 0.444. The van der Waals surface area contributed by atoms with Crippen molar-refractivity contribution < 1.29 is 0 Å². The Labute approximate surface area is 70.0 Å². The minimum absolute atomic E-state index is 0. The molecule has 0 aromatic carbocycles. The van der Waals surface area contributed by atoms with E-state index in [9.17, 15) is 0 Å². The maximum atomic E-state index is 5.41. The molecule has 0 saturated carbocycles. The van der Waals surface area contributed by atoms with E-state index in [0.29, 0.717) is 6.54 Å². The number of nitrogens with two attached hydrogens (primary N) is 1. The Morgan fingerprint density at radius 2 is 1.90 bits per heavy atom. The quantitative estimate of drug-likeness (QED) is 0.656. The van der Waals surface area contributed by atoms with E-state index >= 15 is 0 Å². The third-order valence-corrected chi connectivity index (χ3v) is 1.10. The summed E-state index contributed by atoms with van der Waals surface area (Å²) < 4.78 is 0. The highest BCUT2D eigenvalue weighted by molar-refractivity contribution is 6.28. The van der Waals surface area contributed by atoms with Gasteiger partial charge in [-0.25, -0.2) is 9.97 Å². The largest absolute Gasteiger partial charge is 0.326 e. The van der Waals surface area contributed by atoms with Gasteiger partial charge in [0.25, 0.3) is 0 Å². The molecule has 0 fully saturated rings. The lowest BCUT2D eigenvalue weighted by Crippen LogP contribution is -1.97. The van der Waals surface area contributed by atoms with Crippen LogP contribution in [-0.2, 0) is 6.54 Å². The summed E-state index contributed by atoms with van der Waals surface area (Å²) in [5.74, 6) is 0. The number of aromatic nitrogens is 2. The van der Waals surface area contributed by atoms with Crippen LogP contribution in [0.15, 0.2) is 12.4 Å². The van der Waals surface area contributed by atoms with Crippen LogP contribution < -0.4 is 5.73 Å². The number of halogens is 2. The van der Waals surface area contributed by atoms with Crippen LogP contribution in [0.3, 0.4) is 0 Å². The average Bonchev–Trinajstić information content (AvgIpc) is 1.90. The van der Waals surface area contributed by atoms with E-state index in [0.717, 1.165) is 5.56 Å².